The molecular weight excluding hydrogens is 207 g/mol. The quantitative estimate of drug-likeness (QED) is 0.739. The molecule has 0 heterocycles. The minimum absolute atomic E-state index is 0.321. The van der Waals surface area contributed by atoms with Crippen molar-refractivity contribution in [2.24, 2.45) is 0 Å². The van der Waals surface area contributed by atoms with Gasteiger partial charge in [0, 0.05) is 0 Å². The Hall–Kier alpha value is -0.501. The second-order valence-electron chi connectivity index (χ2n) is 2.04. The van der Waals surface area contributed by atoms with E-state index in [0.29, 0.717) is 20.7 Å². The average molecular weight is 217 g/mol. The van der Waals surface area contributed by atoms with Crippen LogP contribution < -0.4 is 4.46 Å². The molecule has 0 unspecified atom stereocenters. The summed E-state index contributed by atoms with van der Waals surface area (Å²) in [5.74, 6) is 0.321. The first-order valence-corrected chi connectivity index (χ1v) is 5.30. The summed E-state index contributed by atoms with van der Waals surface area (Å²) in [6.45, 7) is 0. The van der Waals surface area contributed by atoms with Crippen molar-refractivity contribution in [1.29, 1.82) is 0 Å². The maximum atomic E-state index is 8.96. The molecular formula is C8H10O2Se. The fourth-order valence-corrected chi connectivity index (χ4v) is 1.89. The molecule has 0 saturated heterocycles. The van der Waals surface area contributed by atoms with Gasteiger partial charge in [-0.3, -0.25) is 0 Å². The third-order valence-electron chi connectivity index (χ3n) is 1.18. The monoisotopic (exact) mass is 218 g/mol. The van der Waals surface area contributed by atoms with Crippen LogP contribution in [0.1, 0.15) is 0 Å². The van der Waals surface area contributed by atoms with Crippen molar-refractivity contribution in [1.82, 2.24) is 0 Å². The number of aromatic hydroxyl groups is 1. The van der Waals surface area contributed by atoms with E-state index < -0.39 is 0 Å². The summed E-state index contributed by atoms with van der Waals surface area (Å²) in [5, 5.41) is 8.96. The summed E-state index contributed by atoms with van der Waals surface area (Å²) >= 11 is 0.377. The van der Waals surface area contributed by atoms with Gasteiger partial charge in [0.15, 0.2) is 0 Å². The number of hydrogen-bond acceptors (Lipinski definition) is 2. The fraction of sp³-hybridized carbons (Fsp3) is 0.250. The molecule has 0 aliphatic heterocycles. The maximum absolute atomic E-state index is 8.96. The van der Waals surface area contributed by atoms with Crippen LogP contribution in [0.2, 0.25) is 0 Å². The third kappa shape index (κ3) is 2.93. The second-order valence-corrected chi connectivity index (χ2v) is 4.13. The van der Waals surface area contributed by atoms with Crippen LogP contribution in [0.4, 0.5) is 0 Å². The van der Waals surface area contributed by atoms with Gasteiger partial charge in [-0.2, -0.15) is 0 Å². The van der Waals surface area contributed by atoms with Crippen LogP contribution in [-0.2, 0) is 4.74 Å². The predicted molar refractivity (Wildman–Crippen MR) is 45.4 cm³/mol. The molecule has 0 aromatic heterocycles. The minimum atomic E-state index is 0.321. The molecule has 0 amide bonds. The Kier molecular flexibility index (Phi) is 3.43. The number of methoxy groups -OCH3 is 1. The third-order valence-corrected chi connectivity index (χ3v) is 3.19. The Morgan fingerprint density at radius 2 is 2.00 bits per heavy atom. The topological polar surface area (TPSA) is 29.5 Å². The van der Waals surface area contributed by atoms with Crippen LogP contribution in [-0.4, -0.2) is 32.7 Å². The molecule has 0 bridgehead atoms. The van der Waals surface area contributed by atoms with Crippen LogP contribution in [0.5, 0.6) is 5.75 Å². The molecule has 1 rings (SSSR count). The van der Waals surface area contributed by atoms with Gasteiger partial charge in [-0.05, 0) is 0 Å². The van der Waals surface area contributed by atoms with Gasteiger partial charge in [0.05, 0.1) is 0 Å². The van der Waals surface area contributed by atoms with Crippen molar-refractivity contribution in [2.75, 3.05) is 12.6 Å². The Labute approximate surface area is 72.3 Å². The van der Waals surface area contributed by atoms with Crippen LogP contribution in [0, 0.1) is 0 Å². The van der Waals surface area contributed by atoms with E-state index in [1.807, 2.05) is 12.1 Å². The van der Waals surface area contributed by atoms with E-state index in [-0.39, 0.29) is 0 Å². The normalized spacial score (nSPS) is 9.91. The molecule has 60 valence electrons. The van der Waals surface area contributed by atoms with Crippen molar-refractivity contribution in [3.8, 4) is 5.75 Å². The number of ether oxygens (including phenoxy) is 1. The van der Waals surface area contributed by atoms with Crippen molar-refractivity contribution in [3.05, 3.63) is 24.3 Å². The standard InChI is InChI=1S/C8H10O2Se/c1-10-6-11-8-4-2-7(9)3-5-8/h2-5,9H,6H2,1H3. The van der Waals surface area contributed by atoms with Crippen LogP contribution in [0.3, 0.4) is 0 Å². The van der Waals surface area contributed by atoms with E-state index >= 15 is 0 Å². The van der Waals surface area contributed by atoms with E-state index in [0.717, 1.165) is 5.51 Å². The van der Waals surface area contributed by atoms with E-state index in [1.165, 1.54) is 4.46 Å². The van der Waals surface area contributed by atoms with Gasteiger partial charge in [-0.1, -0.05) is 0 Å². The Morgan fingerprint density at radius 3 is 2.55 bits per heavy atom. The molecule has 0 fully saturated rings. The Balaban J connectivity index is 2.52. The fourth-order valence-electron chi connectivity index (χ4n) is 0.669. The van der Waals surface area contributed by atoms with Gasteiger partial charge in [-0.25, -0.2) is 0 Å². The van der Waals surface area contributed by atoms with Gasteiger partial charge in [0.2, 0.25) is 0 Å². The zero-order valence-corrected chi connectivity index (χ0v) is 7.99. The molecule has 0 saturated carbocycles. The van der Waals surface area contributed by atoms with Gasteiger partial charge < -0.3 is 0 Å². The van der Waals surface area contributed by atoms with E-state index in [9.17, 15) is 0 Å². The van der Waals surface area contributed by atoms with E-state index in [4.69, 9.17) is 9.84 Å². The molecule has 1 N–H and O–H groups in total. The Bertz CT molecular complexity index is 208. The van der Waals surface area contributed by atoms with Crippen molar-refractivity contribution in [2.45, 2.75) is 0 Å². The van der Waals surface area contributed by atoms with Crippen LogP contribution >= 0.6 is 0 Å². The molecule has 0 aliphatic carbocycles. The number of phenols is 1. The SMILES string of the molecule is COC[Se]c1ccc(O)cc1. The summed E-state index contributed by atoms with van der Waals surface area (Å²) in [7, 11) is 1.70. The zero-order valence-electron chi connectivity index (χ0n) is 6.28. The van der Waals surface area contributed by atoms with E-state index in [2.05, 4.69) is 0 Å². The predicted octanol–water partition coefficient (Wildman–Crippen LogP) is 0.326. The first-order valence-electron chi connectivity index (χ1n) is 3.23. The summed E-state index contributed by atoms with van der Waals surface area (Å²) in [6.07, 6.45) is 0. The van der Waals surface area contributed by atoms with Crippen molar-refractivity contribution < 1.29 is 9.84 Å². The number of phenolic OH excluding ortho intramolecular Hbond substituents is 1. The van der Waals surface area contributed by atoms with Gasteiger partial charge >= 0.3 is 71.9 Å². The Morgan fingerprint density at radius 1 is 1.36 bits per heavy atom. The molecule has 1 aromatic carbocycles. The van der Waals surface area contributed by atoms with Gasteiger partial charge in [0.25, 0.3) is 0 Å². The molecule has 0 atom stereocenters. The molecule has 11 heavy (non-hydrogen) atoms. The average Bonchev–Trinajstić information content (AvgIpc) is 2.04. The van der Waals surface area contributed by atoms with Crippen molar-refractivity contribution in [3.63, 3.8) is 0 Å². The molecule has 0 radical (unpaired) electrons. The number of hydrogen-bond donors (Lipinski definition) is 1. The van der Waals surface area contributed by atoms with Gasteiger partial charge in [-0.15, -0.1) is 0 Å². The first-order chi connectivity index (χ1) is 5.33. The summed E-state index contributed by atoms with van der Waals surface area (Å²) in [4.78, 5) is 0. The van der Waals surface area contributed by atoms with Crippen LogP contribution in [0.25, 0.3) is 0 Å². The number of benzene rings is 1. The van der Waals surface area contributed by atoms with E-state index in [1.54, 1.807) is 19.2 Å². The van der Waals surface area contributed by atoms with Crippen molar-refractivity contribution >= 4 is 19.4 Å². The summed E-state index contributed by atoms with van der Waals surface area (Å²) < 4.78 is 6.19. The molecule has 0 spiro atoms. The molecule has 0 aliphatic rings. The molecule has 2 nitrogen and oxygen atoms in total. The first kappa shape index (κ1) is 8.59. The second kappa shape index (κ2) is 4.39. The summed E-state index contributed by atoms with van der Waals surface area (Å²) in [6, 6.07) is 7.25. The van der Waals surface area contributed by atoms with Crippen LogP contribution in [0.15, 0.2) is 24.3 Å². The van der Waals surface area contributed by atoms with Gasteiger partial charge in [0.1, 0.15) is 0 Å². The summed E-state index contributed by atoms with van der Waals surface area (Å²) in [5.41, 5.74) is 0.789. The molecule has 1 aromatic rings. The molecule has 3 heteroatoms. The zero-order chi connectivity index (χ0) is 8.10. The number of rotatable bonds is 3.